The van der Waals surface area contributed by atoms with Crippen molar-refractivity contribution >= 4 is 11.3 Å². The Kier molecular flexibility index (Phi) is 5.23. The second kappa shape index (κ2) is 7.35. The fourth-order valence-corrected chi connectivity index (χ4v) is 3.63. The van der Waals surface area contributed by atoms with Gasteiger partial charge in [-0.1, -0.05) is 6.92 Å². The van der Waals surface area contributed by atoms with Crippen LogP contribution >= 0.6 is 11.3 Å². The Morgan fingerprint density at radius 2 is 2.36 bits per heavy atom. The SMILES string of the molecule is CCc1nc(CNC[C@@H]2CCO[C@H]2c2cnn(CC)c2)cs1. The summed E-state index contributed by atoms with van der Waals surface area (Å²) in [4.78, 5) is 4.60. The monoisotopic (exact) mass is 320 g/mol. The van der Waals surface area contributed by atoms with Crippen molar-refractivity contribution in [2.45, 2.75) is 45.9 Å². The minimum absolute atomic E-state index is 0.175. The van der Waals surface area contributed by atoms with Gasteiger partial charge in [0.25, 0.3) is 0 Å². The summed E-state index contributed by atoms with van der Waals surface area (Å²) >= 11 is 1.75. The maximum Gasteiger partial charge on any atom is 0.0926 e. The van der Waals surface area contributed by atoms with Crippen LogP contribution in [-0.2, 0) is 24.2 Å². The van der Waals surface area contributed by atoms with Gasteiger partial charge in [0.15, 0.2) is 0 Å². The molecule has 6 heteroatoms. The van der Waals surface area contributed by atoms with Crippen molar-refractivity contribution in [2.24, 2.45) is 5.92 Å². The van der Waals surface area contributed by atoms with E-state index in [-0.39, 0.29) is 6.10 Å². The molecule has 3 heterocycles. The zero-order chi connectivity index (χ0) is 15.4. The molecule has 1 saturated heterocycles. The lowest BCUT2D eigenvalue weighted by Gasteiger charge is -2.17. The van der Waals surface area contributed by atoms with Crippen LogP contribution in [0.25, 0.3) is 0 Å². The lowest BCUT2D eigenvalue weighted by Crippen LogP contribution is -2.24. The first-order chi connectivity index (χ1) is 10.8. The molecule has 0 radical (unpaired) electrons. The van der Waals surface area contributed by atoms with Crippen molar-refractivity contribution in [3.63, 3.8) is 0 Å². The van der Waals surface area contributed by atoms with Crippen LogP contribution < -0.4 is 5.32 Å². The number of hydrogen-bond acceptors (Lipinski definition) is 5. The summed E-state index contributed by atoms with van der Waals surface area (Å²) in [6.45, 7) is 7.79. The number of aryl methyl sites for hydroxylation is 2. The Labute approximate surface area is 135 Å². The second-order valence-corrected chi connectivity index (χ2v) is 6.63. The van der Waals surface area contributed by atoms with E-state index >= 15 is 0 Å². The van der Waals surface area contributed by atoms with Crippen LogP contribution in [0.15, 0.2) is 17.8 Å². The first-order valence-corrected chi connectivity index (χ1v) is 8.96. The Hall–Kier alpha value is -1.24. The summed E-state index contributed by atoms with van der Waals surface area (Å²) < 4.78 is 7.89. The molecule has 1 aliphatic heterocycles. The van der Waals surface area contributed by atoms with Gasteiger partial charge < -0.3 is 10.1 Å². The van der Waals surface area contributed by atoms with Gasteiger partial charge in [-0.3, -0.25) is 4.68 Å². The van der Waals surface area contributed by atoms with E-state index in [2.05, 4.69) is 40.8 Å². The van der Waals surface area contributed by atoms with Crippen LogP contribution in [0.3, 0.4) is 0 Å². The van der Waals surface area contributed by atoms with Crippen molar-refractivity contribution in [1.29, 1.82) is 0 Å². The van der Waals surface area contributed by atoms with Crippen LogP contribution in [0.2, 0.25) is 0 Å². The van der Waals surface area contributed by atoms with Gasteiger partial charge >= 0.3 is 0 Å². The fraction of sp³-hybridized carbons (Fsp3) is 0.625. The van der Waals surface area contributed by atoms with Crippen molar-refractivity contribution in [3.05, 3.63) is 34.0 Å². The van der Waals surface area contributed by atoms with Crippen LogP contribution in [0.4, 0.5) is 0 Å². The average Bonchev–Trinajstić information content (AvgIpc) is 3.27. The Bertz CT molecular complexity index is 594. The quantitative estimate of drug-likeness (QED) is 0.852. The molecule has 1 fully saturated rings. The van der Waals surface area contributed by atoms with Crippen molar-refractivity contribution in [2.75, 3.05) is 13.2 Å². The van der Waals surface area contributed by atoms with Gasteiger partial charge in [-0.05, 0) is 19.8 Å². The Balaban J connectivity index is 1.52. The van der Waals surface area contributed by atoms with Gasteiger partial charge in [-0.2, -0.15) is 5.10 Å². The lowest BCUT2D eigenvalue weighted by molar-refractivity contribution is 0.0903. The van der Waals surface area contributed by atoms with Crippen molar-refractivity contribution in [1.82, 2.24) is 20.1 Å². The molecule has 0 spiro atoms. The smallest absolute Gasteiger partial charge is 0.0926 e. The first-order valence-electron chi connectivity index (χ1n) is 8.08. The number of thiazole rings is 1. The molecular formula is C16H24N4OS. The van der Waals surface area contributed by atoms with E-state index < -0.39 is 0 Å². The largest absolute Gasteiger partial charge is 0.373 e. The molecule has 0 unspecified atom stereocenters. The van der Waals surface area contributed by atoms with E-state index in [9.17, 15) is 0 Å². The molecule has 0 aromatic carbocycles. The molecule has 0 bridgehead atoms. The number of aromatic nitrogens is 3. The summed E-state index contributed by atoms with van der Waals surface area (Å²) in [6.07, 6.45) is 6.35. The third-order valence-electron chi connectivity index (χ3n) is 4.13. The minimum atomic E-state index is 0.175. The van der Waals surface area contributed by atoms with Gasteiger partial charge in [-0.15, -0.1) is 11.3 Å². The van der Waals surface area contributed by atoms with Crippen LogP contribution in [0, 0.1) is 5.92 Å². The number of ether oxygens (including phenoxy) is 1. The zero-order valence-electron chi connectivity index (χ0n) is 13.3. The number of rotatable bonds is 7. The molecule has 1 aliphatic rings. The van der Waals surface area contributed by atoms with Gasteiger partial charge in [0.2, 0.25) is 0 Å². The highest BCUT2D eigenvalue weighted by molar-refractivity contribution is 7.09. The maximum atomic E-state index is 5.93. The molecule has 2 aromatic heterocycles. The minimum Gasteiger partial charge on any atom is -0.373 e. The molecule has 2 aromatic rings. The van der Waals surface area contributed by atoms with Crippen LogP contribution in [0.5, 0.6) is 0 Å². The van der Waals surface area contributed by atoms with Crippen molar-refractivity contribution < 1.29 is 4.74 Å². The highest BCUT2D eigenvalue weighted by atomic mass is 32.1. The topological polar surface area (TPSA) is 52.0 Å². The van der Waals surface area contributed by atoms with E-state index in [1.807, 2.05) is 10.9 Å². The molecule has 3 rings (SSSR count). The summed E-state index contributed by atoms with van der Waals surface area (Å²) in [5, 5.41) is 11.3. The third-order valence-corrected chi connectivity index (χ3v) is 5.18. The molecule has 1 N–H and O–H groups in total. The zero-order valence-corrected chi connectivity index (χ0v) is 14.1. The second-order valence-electron chi connectivity index (χ2n) is 5.69. The van der Waals surface area contributed by atoms with Gasteiger partial charge in [0.1, 0.15) is 0 Å². The molecule has 5 nitrogen and oxygen atoms in total. The van der Waals surface area contributed by atoms with E-state index in [1.54, 1.807) is 11.3 Å². The highest BCUT2D eigenvalue weighted by Crippen LogP contribution is 2.33. The predicted molar refractivity (Wildman–Crippen MR) is 87.9 cm³/mol. The first kappa shape index (κ1) is 15.6. The highest BCUT2D eigenvalue weighted by Gasteiger charge is 2.30. The van der Waals surface area contributed by atoms with Crippen LogP contribution in [-0.4, -0.2) is 27.9 Å². The van der Waals surface area contributed by atoms with E-state index in [1.165, 1.54) is 10.6 Å². The van der Waals surface area contributed by atoms with Gasteiger partial charge in [-0.25, -0.2) is 4.98 Å². The number of nitrogens with one attached hydrogen (secondary N) is 1. The number of hydrogen-bond donors (Lipinski definition) is 1. The predicted octanol–water partition coefficient (Wildman–Crippen LogP) is 2.79. The molecule has 0 amide bonds. The third kappa shape index (κ3) is 3.56. The molecule has 0 aliphatic carbocycles. The standard InChI is InChI=1S/C16H24N4OS/c1-3-15-19-14(11-22-15)9-17-7-12-5-6-21-16(12)13-8-18-20(4-2)10-13/h8,10-12,16-17H,3-7,9H2,1-2H3/t12-,16+/m0/s1. The normalized spacial score (nSPS) is 21.5. The number of nitrogens with zero attached hydrogens (tertiary/aromatic N) is 3. The molecule has 0 saturated carbocycles. The van der Waals surface area contributed by atoms with Gasteiger partial charge in [0.05, 0.1) is 23.0 Å². The summed E-state index contributed by atoms with van der Waals surface area (Å²) in [5.74, 6) is 0.513. The molecule has 120 valence electrons. The lowest BCUT2D eigenvalue weighted by atomic mass is 9.97. The van der Waals surface area contributed by atoms with Gasteiger partial charge in [0, 0.05) is 49.3 Å². The maximum absolute atomic E-state index is 5.93. The average molecular weight is 320 g/mol. The van der Waals surface area contributed by atoms with Crippen molar-refractivity contribution in [3.8, 4) is 0 Å². The van der Waals surface area contributed by atoms with E-state index in [0.29, 0.717) is 5.92 Å². The fourth-order valence-electron chi connectivity index (χ4n) is 2.89. The summed E-state index contributed by atoms with van der Waals surface area (Å²) in [6, 6.07) is 0. The van der Waals surface area contributed by atoms with E-state index in [0.717, 1.165) is 44.8 Å². The summed E-state index contributed by atoms with van der Waals surface area (Å²) in [7, 11) is 0. The summed E-state index contributed by atoms with van der Waals surface area (Å²) in [5.41, 5.74) is 2.35. The molecule has 22 heavy (non-hydrogen) atoms. The Morgan fingerprint density at radius 3 is 3.09 bits per heavy atom. The Morgan fingerprint density at radius 1 is 1.45 bits per heavy atom. The van der Waals surface area contributed by atoms with E-state index in [4.69, 9.17) is 4.74 Å². The molecule has 2 atom stereocenters. The van der Waals surface area contributed by atoms with Crippen LogP contribution in [0.1, 0.15) is 42.6 Å². The molecular weight excluding hydrogens is 296 g/mol.